The Labute approximate surface area is 159 Å². The van der Waals surface area contributed by atoms with Crippen LogP contribution in [0.3, 0.4) is 0 Å². The third kappa shape index (κ3) is 3.11. The van der Waals surface area contributed by atoms with Crippen molar-refractivity contribution >= 4 is 15.8 Å². The van der Waals surface area contributed by atoms with E-state index in [0.717, 1.165) is 5.56 Å². The summed E-state index contributed by atoms with van der Waals surface area (Å²) >= 11 is 0. The molecule has 0 saturated heterocycles. The van der Waals surface area contributed by atoms with Crippen LogP contribution in [-0.4, -0.2) is 39.9 Å². The molecule has 3 atom stereocenters. The van der Waals surface area contributed by atoms with Crippen molar-refractivity contribution in [3.8, 4) is 5.75 Å². The highest BCUT2D eigenvalue weighted by molar-refractivity contribution is 7.92. The van der Waals surface area contributed by atoms with Crippen LogP contribution >= 0.6 is 0 Å². The summed E-state index contributed by atoms with van der Waals surface area (Å²) in [5.74, 6) is -0.494. The summed E-state index contributed by atoms with van der Waals surface area (Å²) in [6, 6.07) is 15.2. The summed E-state index contributed by atoms with van der Waals surface area (Å²) in [7, 11) is -2.22. The largest absolute Gasteiger partial charge is 0.497 e. The number of hydrogen-bond donors (Lipinski definition) is 1. The molecule has 0 aliphatic heterocycles. The molecule has 1 saturated carbocycles. The first-order chi connectivity index (χ1) is 12.9. The molecule has 1 aliphatic rings. The Kier molecular flexibility index (Phi) is 5.26. The van der Waals surface area contributed by atoms with Crippen molar-refractivity contribution in [1.82, 2.24) is 0 Å². The summed E-state index contributed by atoms with van der Waals surface area (Å²) in [6.07, 6.45) is 0. The van der Waals surface area contributed by atoms with Crippen molar-refractivity contribution in [2.75, 3.05) is 20.3 Å². The highest BCUT2D eigenvalue weighted by Crippen LogP contribution is 2.64. The molecule has 0 unspecified atom stereocenters. The van der Waals surface area contributed by atoms with E-state index in [1.54, 1.807) is 56.5 Å². The second-order valence-corrected chi connectivity index (χ2v) is 8.56. The number of benzene rings is 2. The minimum absolute atomic E-state index is 0.112. The third-order valence-electron chi connectivity index (χ3n) is 5.13. The molecule has 1 aliphatic carbocycles. The van der Waals surface area contributed by atoms with Crippen molar-refractivity contribution in [3.63, 3.8) is 0 Å². The number of carbonyl (C=O) groups is 1. The molecule has 0 radical (unpaired) electrons. The number of rotatable bonds is 7. The topological polar surface area (TPSA) is 95.7 Å². The van der Waals surface area contributed by atoms with Crippen LogP contribution < -0.4 is 10.5 Å². The summed E-state index contributed by atoms with van der Waals surface area (Å²) in [6.45, 7) is 1.74. The fourth-order valence-corrected chi connectivity index (χ4v) is 6.14. The number of methoxy groups -OCH3 is 1. The van der Waals surface area contributed by atoms with E-state index in [2.05, 4.69) is 0 Å². The van der Waals surface area contributed by atoms with Crippen LogP contribution in [0, 0.1) is 5.41 Å². The molecule has 3 rings (SSSR count). The quantitative estimate of drug-likeness (QED) is 0.729. The van der Waals surface area contributed by atoms with Crippen molar-refractivity contribution in [1.29, 1.82) is 0 Å². The van der Waals surface area contributed by atoms with Crippen LogP contribution in [0.4, 0.5) is 0 Å². The number of carbonyl (C=O) groups excluding carboxylic acids is 1. The molecule has 7 heteroatoms. The fourth-order valence-electron chi connectivity index (χ4n) is 3.74. The van der Waals surface area contributed by atoms with E-state index in [9.17, 15) is 13.2 Å². The Morgan fingerprint density at radius 3 is 2.26 bits per heavy atom. The van der Waals surface area contributed by atoms with E-state index in [0.29, 0.717) is 5.75 Å². The zero-order chi connectivity index (χ0) is 19.7. The lowest BCUT2D eigenvalue weighted by Gasteiger charge is -2.14. The molecular weight excluding hydrogens is 366 g/mol. The van der Waals surface area contributed by atoms with E-state index in [1.807, 2.05) is 0 Å². The maximum absolute atomic E-state index is 13.3. The first kappa shape index (κ1) is 19.4. The highest BCUT2D eigenvalue weighted by Gasteiger charge is 2.75. The Morgan fingerprint density at radius 2 is 1.74 bits per heavy atom. The fraction of sp³-hybridized carbons (Fsp3) is 0.350. The Bertz CT molecular complexity index is 911. The summed E-state index contributed by atoms with van der Waals surface area (Å²) in [4.78, 5) is 12.9. The molecule has 27 heavy (non-hydrogen) atoms. The summed E-state index contributed by atoms with van der Waals surface area (Å²) in [5.41, 5.74) is 5.39. The van der Waals surface area contributed by atoms with Gasteiger partial charge < -0.3 is 15.2 Å². The Morgan fingerprint density at radius 1 is 1.11 bits per heavy atom. The molecule has 0 spiro atoms. The van der Waals surface area contributed by atoms with E-state index in [4.69, 9.17) is 15.2 Å². The molecule has 2 aromatic rings. The number of nitrogens with two attached hydrogens (primary N) is 1. The maximum atomic E-state index is 13.3. The van der Waals surface area contributed by atoms with Crippen LogP contribution in [0.5, 0.6) is 5.75 Å². The third-order valence-corrected chi connectivity index (χ3v) is 7.42. The molecule has 2 N–H and O–H groups in total. The number of hydrogen-bond acceptors (Lipinski definition) is 6. The molecule has 2 aromatic carbocycles. The second kappa shape index (κ2) is 7.32. The first-order valence-corrected chi connectivity index (χ1v) is 10.3. The first-order valence-electron chi connectivity index (χ1n) is 8.73. The smallest absolute Gasteiger partial charge is 0.315 e. The van der Waals surface area contributed by atoms with Crippen molar-refractivity contribution < 1.29 is 22.7 Å². The van der Waals surface area contributed by atoms with Gasteiger partial charge in [-0.05, 0) is 36.8 Å². The molecule has 0 heterocycles. The van der Waals surface area contributed by atoms with Crippen LogP contribution in [0.25, 0.3) is 0 Å². The Hall–Kier alpha value is -2.38. The Balaban J connectivity index is 2.09. The van der Waals surface area contributed by atoms with Gasteiger partial charge in [0.1, 0.15) is 11.2 Å². The normalized spacial score (nSPS) is 24.3. The van der Waals surface area contributed by atoms with E-state index < -0.39 is 32.4 Å². The predicted molar refractivity (Wildman–Crippen MR) is 101 cm³/mol. The van der Waals surface area contributed by atoms with Gasteiger partial charge in [0.05, 0.1) is 23.9 Å². The molecule has 0 bridgehead atoms. The SMILES string of the molecule is CCOC(=O)[C@]1(CN)[C@@H](c2ccc(OC)cc2)[C@@H]1S(=O)(=O)c1ccccc1. The predicted octanol–water partition coefficient (Wildman–Crippen LogP) is 2.14. The number of ether oxygens (including phenoxy) is 2. The van der Waals surface area contributed by atoms with E-state index >= 15 is 0 Å². The molecule has 6 nitrogen and oxygen atoms in total. The molecule has 1 fully saturated rings. The lowest BCUT2D eigenvalue weighted by atomic mass is 9.99. The zero-order valence-corrected chi connectivity index (χ0v) is 16.1. The lowest BCUT2D eigenvalue weighted by Crippen LogP contribution is -2.33. The number of sulfone groups is 1. The van der Waals surface area contributed by atoms with Gasteiger partial charge in [0.25, 0.3) is 0 Å². The second-order valence-electron chi connectivity index (χ2n) is 6.49. The van der Waals surface area contributed by atoms with Gasteiger partial charge in [-0.3, -0.25) is 4.79 Å². The van der Waals surface area contributed by atoms with Gasteiger partial charge in [-0.25, -0.2) is 8.42 Å². The van der Waals surface area contributed by atoms with Gasteiger partial charge in [-0.1, -0.05) is 30.3 Å². The minimum Gasteiger partial charge on any atom is -0.497 e. The van der Waals surface area contributed by atoms with Crippen molar-refractivity contribution in [3.05, 3.63) is 60.2 Å². The molecular formula is C20H23NO5S. The van der Waals surface area contributed by atoms with Crippen LogP contribution in [0.1, 0.15) is 18.4 Å². The molecule has 144 valence electrons. The molecule has 0 amide bonds. The van der Waals surface area contributed by atoms with Gasteiger partial charge >= 0.3 is 5.97 Å². The van der Waals surface area contributed by atoms with Crippen molar-refractivity contribution in [2.45, 2.75) is 23.0 Å². The monoisotopic (exact) mass is 389 g/mol. The van der Waals surface area contributed by atoms with Crippen LogP contribution in [-0.2, 0) is 19.4 Å². The van der Waals surface area contributed by atoms with E-state index in [1.165, 1.54) is 12.1 Å². The average molecular weight is 389 g/mol. The highest BCUT2D eigenvalue weighted by atomic mass is 32.2. The number of esters is 1. The van der Waals surface area contributed by atoms with Gasteiger partial charge in [0, 0.05) is 12.5 Å². The summed E-state index contributed by atoms with van der Waals surface area (Å²) in [5, 5.41) is -0.968. The lowest BCUT2D eigenvalue weighted by molar-refractivity contribution is -0.149. The zero-order valence-electron chi connectivity index (χ0n) is 15.3. The van der Waals surface area contributed by atoms with Crippen molar-refractivity contribution in [2.24, 2.45) is 11.1 Å². The maximum Gasteiger partial charge on any atom is 0.315 e. The van der Waals surface area contributed by atoms with Gasteiger partial charge in [-0.15, -0.1) is 0 Å². The van der Waals surface area contributed by atoms with Crippen LogP contribution in [0.2, 0.25) is 0 Å². The van der Waals surface area contributed by atoms with Crippen LogP contribution in [0.15, 0.2) is 59.5 Å². The standard InChI is InChI=1S/C20H23NO5S/c1-3-26-19(22)20(13-21)17(14-9-11-15(25-2)12-10-14)18(20)27(23,24)16-7-5-4-6-8-16/h4-12,17-18H,3,13,21H2,1-2H3/t17-,18-,20+/m0/s1. The molecule has 0 aromatic heterocycles. The van der Waals surface area contributed by atoms with Gasteiger partial charge in [0.15, 0.2) is 9.84 Å². The minimum atomic E-state index is -3.77. The van der Waals surface area contributed by atoms with Gasteiger partial charge in [-0.2, -0.15) is 0 Å². The van der Waals surface area contributed by atoms with E-state index in [-0.39, 0.29) is 18.0 Å². The van der Waals surface area contributed by atoms with Gasteiger partial charge in [0.2, 0.25) is 0 Å². The summed E-state index contributed by atoms with van der Waals surface area (Å²) < 4.78 is 37.0. The average Bonchev–Trinajstić information content (AvgIpc) is 3.40.